The molecule has 0 amide bonds. The van der Waals surface area contributed by atoms with Gasteiger partial charge in [0.1, 0.15) is 28.1 Å². The molecule has 0 unspecified atom stereocenters. The molecule has 1 aliphatic carbocycles. The van der Waals surface area contributed by atoms with Crippen LogP contribution in [-0.2, 0) is 23.2 Å². The van der Waals surface area contributed by atoms with E-state index in [0.29, 0.717) is 30.7 Å². The van der Waals surface area contributed by atoms with Gasteiger partial charge in [0, 0.05) is 17.5 Å². The number of carboxylic acids is 1. The average molecular weight is 496 g/mol. The highest BCUT2D eigenvalue weighted by atomic mass is 79.9. The lowest BCUT2D eigenvalue weighted by atomic mass is 9.83. The van der Waals surface area contributed by atoms with Crippen molar-refractivity contribution in [3.05, 3.63) is 57.1 Å². The Hall–Kier alpha value is -2.67. The third kappa shape index (κ3) is 3.17. The highest BCUT2D eigenvalue weighted by Gasteiger charge is 2.47. The molecule has 5 rings (SSSR count). The van der Waals surface area contributed by atoms with E-state index in [1.165, 1.54) is 0 Å². The summed E-state index contributed by atoms with van der Waals surface area (Å²) in [6.45, 7) is 6.83. The van der Waals surface area contributed by atoms with Crippen molar-refractivity contribution in [2.75, 3.05) is 0 Å². The molecule has 1 fully saturated rings. The Morgan fingerprint density at radius 1 is 1.22 bits per heavy atom. The highest BCUT2D eigenvalue weighted by Crippen LogP contribution is 2.47. The van der Waals surface area contributed by atoms with Crippen LogP contribution < -0.4 is 0 Å². The van der Waals surface area contributed by atoms with Crippen molar-refractivity contribution in [1.82, 2.24) is 14.5 Å². The maximum absolute atomic E-state index is 12.2. The van der Waals surface area contributed by atoms with E-state index in [1.807, 2.05) is 19.1 Å². The van der Waals surface area contributed by atoms with Crippen molar-refractivity contribution >= 4 is 44.0 Å². The summed E-state index contributed by atoms with van der Waals surface area (Å²) in [4.78, 5) is 21.8. The number of nitrogens with zero attached hydrogens (tertiary/aromatic N) is 3. The minimum atomic E-state index is -0.938. The number of hydrogen-bond donors (Lipinski definition) is 1. The van der Waals surface area contributed by atoms with Crippen LogP contribution in [0.15, 0.2) is 33.2 Å². The van der Waals surface area contributed by atoms with Crippen LogP contribution in [0.4, 0.5) is 0 Å². The lowest BCUT2D eigenvalue weighted by molar-refractivity contribution is -0.144. The molecule has 0 bridgehead atoms. The molecule has 32 heavy (non-hydrogen) atoms. The summed E-state index contributed by atoms with van der Waals surface area (Å²) in [7, 11) is 0. The Bertz CT molecular complexity index is 1360. The Labute approximate surface area is 194 Å². The van der Waals surface area contributed by atoms with Crippen molar-refractivity contribution in [3.63, 3.8) is 0 Å². The highest BCUT2D eigenvalue weighted by molar-refractivity contribution is 9.10. The molecule has 1 aromatic carbocycles. The largest absolute Gasteiger partial charge is 0.480 e. The summed E-state index contributed by atoms with van der Waals surface area (Å²) >= 11 is 3.68. The molecular formula is C25H26BrN3O3. The number of carbonyl (C=O) groups is 1. The van der Waals surface area contributed by atoms with Crippen molar-refractivity contribution in [1.29, 1.82) is 0 Å². The Kier molecular flexibility index (Phi) is 5.12. The predicted molar refractivity (Wildman–Crippen MR) is 127 cm³/mol. The van der Waals surface area contributed by atoms with Gasteiger partial charge in [-0.1, -0.05) is 25.8 Å². The summed E-state index contributed by atoms with van der Waals surface area (Å²) in [5.74, 6) is 0.748. The molecule has 0 atom stereocenters. The molecule has 166 valence electrons. The average Bonchev–Trinajstić information content (AvgIpc) is 3.46. The third-order valence-electron chi connectivity index (χ3n) is 6.75. The number of imidazole rings is 1. The Morgan fingerprint density at radius 2 is 1.97 bits per heavy atom. The molecular weight excluding hydrogens is 470 g/mol. The molecule has 7 heteroatoms. The van der Waals surface area contributed by atoms with Gasteiger partial charge in [0.25, 0.3) is 0 Å². The monoisotopic (exact) mass is 495 g/mol. The molecule has 0 spiro atoms. The Balaban J connectivity index is 1.60. The summed E-state index contributed by atoms with van der Waals surface area (Å²) in [5.41, 5.74) is 4.83. The van der Waals surface area contributed by atoms with Gasteiger partial charge in [-0.2, -0.15) is 0 Å². The van der Waals surface area contributed by atoms with Gasteiger partial charge in [0.2, 0.25) is 0 Å². The Morgan fingerprint density at radius 3 is 2.66 bits per heavy atom. The van der Waals surface area contributed by atoms with Crippen molar-refractivity contribution in [3.8, 4) is 0 Å². The smallest absolute Gasteiger partial charge is 0.317 e. The molecule has 3 heterocycles. The van der Waals surface area contributed by atoms with Gasteiger partial charge in [-0.05, 0) is 71.9 Å². The maximum atomic E-state index is 12.2. The zero-order valence-corrected chi connectivity index (χ0v) is 20.1. The van der Waals surface area contributed by atoms with E-state index in [-0.39, 0.29) is 0 Å². The third-order valence-corrected chi connectivity index (χ3v) is 7.54. The van der Waals surface area contributed by atoms with E-state index in [1.54, 1.807) is 0 Å². The summed E-state index contributed by atoms with van der Waals surface area (Å²) in [5, 5.41) is 10.9. The first-order valence-corrected chi connectivity index (χ1v) is 11.9. The number of pyridine rings is 1. The van der Waals surface area contributed by atoms with Gasteiger partial charge < -0.3 is 14.1 Å². The van der Waals surface area contributed by atoms with Crippen molar-refractivity contribution in [2.45, 2.75) is 64.8 Å². The minimum absolute atomic E-state index is 0.546. The van der Waals surface area contributed by atoms with Crippen molar-refractivity contribution in [2.24, 2.45) is 0 Å². The number of carboxylic acid groups (broad SMARTS) is 1. The zero-order chi connectivity index (χ0) is 22.6. The molecule has 0 aliphatic heterocycles. The van der Waals surface area contributed by atoms with E-state index in [9.17, 15) is 9.90 Å². The molecule has 1 N–H and O–H groups in total. The summed E-state index contributed by atoms with van der Waals surface area (Å²) < 4.78 is 9.07. The number of aliphatic carboxylic acids is 1. The molecule has 6 nitrogen and oxygen atoms in total. The van der Waals surface area contributed by atoms with Gasteiger partial charge in [0.15, 0.2) is 5.65 Å². The first kappa shape index (κ1) is 21.2. The number of furan rings is 1. The normalized spacial score (nSPS) is 15.8. The van der Waals surface area contributed by atoms with E-state index in [0.717, 1.165) is 62.9 Å². The number of aromatic nitrogens is 3. The second-order valence-corrected chi connectivity index (χ2v) is 9.68. The fourth-order valence-corrected chi connectivity index (χ4v) is 5.87. The van der Waals surface area contributed by atoms with Crippen LogP contribution >= 0.6 is 15.9 Å². The standard InChI is InChI=1S/C25H26BrN3O3/c1-4-19-28-21-14(2)11-15(3)27-23(21)29(19)13-16-7-8-18-17(12-16)20(26)22(32-18)25(24(30)31)9-5-6-10-25/h7-8,11-12H,4-6,9-10,13H2,1-3H3,(H,30,31). The van der Waals surface area contributed by atoms with Crippen LogP contribution in [0.1, 0.15) is 61.0 Å². The van der Waals surface area contributed by atoms with Crippen LogP contribution in [0.5, 0.6) is 0 Å². The topological polar surface area (TPSA) is 81.2 Å². The number of benzene rings is 1. The molecule has 1 saturated carbocycles. The first-order chi connectivity index (χ1) is 15.3. The first-order valence-electron chi connectivity index (χ1n) is 11.1. The predicted octanol–water partition coefficient (Wildman–Crippen LogP) is 6.06. The number of fused-ring (bicyclic) bond motifs is 2. The lowest BCUT2D eigenvalue weighted by Gasteiger charge is -2.21. The number of halogens is 1. The van der Waals surface area contributed by atoms with E-state index in [2.05, 4.69) is 46.5 Å². The van der Waals surface area contributed by atoms with Gasteiger partial charge in [0.05, 0.1) is 11.0 Å². The maximum Gasteiger partial charge on any atom is 0.317 e. The van der Waals surface area contributed by atoms with Gasteiger partial charge in [-0.15, -0.1) is 0 Å². The summed E-state index contributed by atoms with van der Waals surface area (Å²) in [6, 6.07) is 8.14. The molecule has 3 aromatic heterocycles. The molecule has 0 radical (unpaired) electrons. The van der Waals surface area contributed by atoms with Crippen LogP contribution in [0.25, 0.3) is 22.1 Å². The van der Waals surface area contributed by atoms with Crippen molar-refractivity contribution < 1.29 is 14.3 Å². The lowest BCUT2D eigenvalue weighted by Crippen LogP contribution is -2.32. The number of hydrogen-bond acceptors (Lipinski definition) is 4. The van der Waals surface area contributed by atoms with Gasteiger partial charge >= 0.3 is 5.97 Å². The van der Waals surface area contributed by atoms with Gasteiger partial charge in [-0.3, -0.25) is 4.79 Å². The van der Waals surface area contributed by atoms with Crippen LogP contribution in [0.2, 0.25) is 0 Å². The van der Waals surface area contributed by atoms with E-state index < -0.39 is 11.4 Å². The summed E-state index contributed by atoms with van der Waals surface area (Å²) in [6.07, 6.45) is 3.84. The van der Waals surface area contributed by atoms with Crippen LogP contribution in [0.3, 0.4) is 0 Å². The number of rotatable bonds is 5. The molecule has 1 aliphatic rings. The number of aryl methyl sites for hydroxylation is 3. The van der Waals surface area contributed by atoms with E-state index >= 15 is 0 Å². The second kappa shape index (κ2) is 7.73. The zero-order valence-electron chi connectivity index (χ0n) is 18.5. The molecule has 0 saturated heterocycles. The second-order valence-electron chi connectivity index (χ2n) is 8.89. The fraction of sp³-hybridized carbons (Fsp3) is 0.400. The fourth-order valence-electron chi connectivity index (χ4n) is 5.10. The molecule has 4 aromatic rings. The minimum Gasteiger partial charge on any atom is -0.480 e. The SMILES string of the molecule is CCc1nc2c(C)cc(C)nc2n1Cc1ccc2oc(C3(C(=O)O)CCCC3)c(Br)c2c1. The quantitative estimate of drug-likeness (QED) is 0.363. The van der Waals surface area contributed by atoms with E-state index in [4.69, 9.17) is 14.4 Å². The van der Waals surface area contributed by atoms with Crippen LogP contribution in [0, 0.1) is 13.8 Å². The van der Waals surface area contributed by atoms with Crippen LogP contribution in [-0.4, -0.2) is 25.6 Å². The van der Waals surface area contributed by atoms with Gasteiger partial charge in [-0.25, -0.2) is 9.97 Å².